The van der Waals surface area contributed by atoms with Crippen LogP contribution in [0.15, 0.2) is 39.6 Å². The number of rotatable bonds is 1. The van der Waals surface area contributed by atoms with Crippen LogP contribution in [0.1, 0.15) is 5.56 Å². The second kappa shape index (κ2) is 4.56. The van der Waals surface area contributed by atoms with Gasteiger partial charge in [-0.3, -0.25) is 4.79 Å². The molecule has 3 nitrogen and oxygen atoms in total. The maximum absolute atomic E-state index is 12.9. The van der Waals surface area contributed by atoms with Crippen LogP contribution in [-0.4, -0.2) is 10.2 Å². The van der Waals surface area contributed by atoms with Gasteiger partial charge in [0.05, 0.1) is 11.3 Å². The van der Waals surface area contributed by atoms with Gasteiger partial charge in [-0.15, -0.1) is 0 Å². The van der Waals surface area contributed by atoms with E-state index in [0.29, 0.717) is 4.47 Å². The molecule has 0 aliphatic rings. The van der Waals surface area contributed by atoms with E-state index >= 15 is 0 Å². The standard InChI is InChI=1S/C11H6BrF3N2O/c12-6-1-2-7(8(5-6)11(13,14)15)9-3-4-10(18)17-16-9/h1-5H,(H,17,18). The molecule has 1 N–H and O–H groups in total. The van der Waals surface area contributed by atoms with Crippen molar-refractivity contribution in [3.8, 4) is 11.3 Å². The van der Waals surface area contributed by atoms with Gasteiger partial charge in [0, 0.05) is 16.1 Å². The quantitative estimate of drug-likeness (QED) is 0.877. The molecule has 0 fully saturated rings. The van der Waals surface area contributed by atoms with Crippen molar-refractivity contribution in [2.75, 3.05) is 0 Å². The average molecular weight is 319 g/mol. The summed E-state index contributed by atoms with van der Waals surface area (Å²) in [6.45, 7) is 0. The van der Waals surface area contributed by atoms with Crippen LogP contribution in [0.5, 0.6) is 0 Å². The lowest BCUT2D eigenvalue weighted by Gasteiger charge is -2.12. The average Bonchev–Trinajstić information content (AvgIpc) is 2.29. The Kier molecular flexibility index (Phi) is 3.25. The van der Waals surface area contributed by atoms with Gasteiger partial charge in [-0.25, -0.2) is 5.10 Å². The fourth-order valence-corrected chi connectivity index (χ4v) is 1.83. The van der Waals surface area contributed by atoms with Crippen molar-refractivity contribution in [3.63, 3.8) is 0 Å². The first-order chi connectivity index (χ1) is 8.38. The molecule has 0 spiro atoms. The lowest BCUT2D eigenvalue weighted by atomic mass is 10.0. The Bertz CT molecular complexity index is 616. The number of aromatic nitrogens is 2. The lowest BCUT2D eigenvalue weighted by Crippen LogP contribution is -2.10. The van der Waals surface area contributed by atoms with Crippen LogP contribution < -0.4 is 5.56 Å². The van der Waals surface area contributed by atoms with Gasteiger partial charge in [0.15, 0.2) is 0 Å². The van der Waals surface area contributed by atoms with Crippen LogP contribution in [0.4, 0.5) is 13.2 Å². The molecule has 0 saturated carbocycles. The third kappa shape index (κ3) is 2.61. The number of hydrogen-bond acceptors (Lipinski definition) is 2. The highest BCUT2D eigenvalue weighted by Crippen LogP contribution is 2.37. The van der Waals surface area contributed by atoms with Gasteiger partial charge in [-0.05, 0) is 18.2 Å². The zero-order valence-electron chi connectivity index (χ0n) is 8.75. The van der Waals surface area contributed by atoms with Crippen molar-refractivity contribution < 1.29 is 13.2 Å². The van der Waals surface area contributed by atoms with Gasteiger partial charge < -0.3 is 0 Å². The Morgan fingerprint density at radius 3 is 2.44 bits per heavy atom. The summed E-state index contributed by atoms with van der Waals surface area (Å²) in [5, 5.41) is 5.71. The molecule has 0 radical (unpaired) electrons. The van der Waals surface area contributed by atoms with E-state index in [1.54, 1.807) is 0 Å². The summed E-state index contributed by atoms with van der Waals surface area (Å²) in [6, 6.07) is 6.13. The van der Waals surface area contributed by atoms with E-state index in [1.807, 2.05) is 0 Å². The van der Waals surface area contributed by atoms with Crippen molar-refractivity contribution in [1.82, 2.24) is 10.2 Å². The predicted octanol–water partition coefficient (Wildman–Crippen LogP) is 3.22. The Balaban J connectivity index is 2.64. The number of halogens is 4. The highest BCUT2D eigenvalue weighted by Gasteiger charge is 2.34. The molecule has 0 aliphatic heterocycles. The van der Waals surface area contributed by atoms with E-state index in [-0.39, 0.29) is 11.3 Å². The van der Waals surface area contributed by atoms with Gasteiger partial charge in [0.25, 0.3) is 5.56 Å². The summed E-state index contributed by atoms with van der Waals surface area (Å²) in [7, 11) is 0. The fourth-order valence-electron chi connectivity index (χ4n) is 1.47. The molecule has 0 saturated heterocycles. The van der Waals surface area contributed by atoms with E-state index in [9.17, 15) is 18.0 Å². The molecule has 18 heavy (non-hydrogen) atoms. The van der Waals surface area contributed by atoms with Gasteiger partial charge >= 0.3 is 6.18 Å². The van der Waals surface area contributed by atoms with Crippen LogP contribution in [0, 0.1) is 0 Å². The summed E-state index contributed by atoms with van der Waals surface area (Å²) in [6.07, 6.45) is -4.49. The molecule has 1 heterocycles. The van der Waals surface area contributed by atoms with E-state index in [4.69, 9.17) is 0 Å². The Morgan fingerprint density at radius 1 is 1.17 bits per heavy atom. The van der Waals surface area contributed by atoms with E-state index in [1.165, 1.54) is 18.2 Å². The molecule has 0 bridgehead atoms. The first kappa shape index (κ1) is 12.8. The maximum Gasteiger partial charge on any atom is 0.417 e. The van der Waals surface area contributed by atoms with Crippen molar-refractivity contribution in [3.05, 3.63) is 50.7 Å². The monoisotopic (exact) mass is 318 g/mol. The number of nitrogens with one attached hydrogen (secondary N) is 1. The van der Waals surface area contributed by atoms with Crippen molar-refractivity contribution in [2.45, 2.75) is 6.18 Å². The minimum atomic E-state index is -4.49. The van der Waals surface area contributed by atoms with Gasteiger partial charge in [0.2, 0.25) is 0 Å². The first-order valence-electron chi connectivity index (χ1n) is 4.81. The number of hydrogen-bond donors (Lipinski definition) is 1. The number of nitrogens with zero attached hydrogens (tertiary/aromatic N) is 1. The second-order valence-electron chi connectivity index (χ2n) is 3.49. The third-order valence-electron chi connectivity index (χ3n) is 2.24. The molecule has 1 aromatic heterocycles. The maximum atomic E-state index is 12.9. The van der Waals surface area contributed by atoms with Crippen LogP contribution >= 0.6 is 15.9 Å². The van der Waals surface area contributed by atoms with Crippen LogP contribution in [-0.2, 0) is 6.18 Å². The topological polar surface area (TPSA) is 45.8 Å². The van der Waals surface area contributed by atoms with Crippen LogP contribution in [0.3, 0.4) is 0 Å². The number of benzene rings is 1. The van der Waals surface area contributed by atoms with Crippen molar-refractivity contribution in [1.29, 1.82) is 0 Å². The Morgan fingerprint density at radius 2 is 1.89 bits per heavy atom. The van der Waals surface area contributed by atoms with Crippen molar-refractivity contribution >= 4 is 15.9 Å². The molecule has 0 atom stereocenters. The molecular weight excluding hydrogens is 313 g/mol. The largest absolute Gasteiger partial charge is 0.417 e. The smallest absolute Gasteiger partial charge is 0.268 e. The third-order valence-corrected chi connectivity index (χ3v) is 2.74. The van der Waals surface area contributed by atoms with Gasteiger partial charge in [-0.1, -0.05) is 22.0 Å². The molecule has 0 amide bonds. The highest BCUT2D eigenvalue weighted by molar-refractivity contribution is 9.10. The zero-order valence-corrected chi connectivity index (χ0v) is 10.3. The second-order valence-corrected chi connectivity index (χ2v) is 4.41. The summed E-state index contributed by atoms with van der Waals surface area (Å²) < 4.78 is 38.9. The Hall–Kier alpha value is -1.63. The minimum absolute atomic E-state index is 0.0643. The van der Waals surface area contributed by atoms with Crippen molar-refractivity contribution in [2.24, 2.45) is 0 Å². The molecule has 2 aromatic rings. The number of alkyl halides is 3. The van der Waals surface area contributed by atoms with E-state index in [0.717, 1.165) is 12.1 Å². The predicted molar refractivity (Wildman–Crippen MR) is 63.0 cm³/mol. The molecule has 2 rings (SSSR count). The molecule has 0 aliphatic carbocycles. The van der Waals surface area contributed by atoms with Crippen LogP contribution in [0.2, 0.25) is 0 Å². The van der Waals surface area contributed by atoms with Gasteiger partial charge in [0.1, 0.15) is 0 Å². The summed E-state index contributed by atoms with van der Waals surface area (Å²) >= 11 is 2.99. The molecule has 1 aromatic carbocycles. The molecule has 7 heteroatoms. The number of aromatic amines is 1. The summed E-state index contributed by atoms with van der Waals surface area (Å²) in [5.74, 6) is 0. The van der Waals surface area contributed by atoms with Crippen LogP contribution in [0.25, 0.3) is 11.3 Å². The van der Waals surface area contributed by atoms with E-state index < -0.39 is 17.3 Å². The zero-order chi connectivity index (χ0) is 13.3. The van der Waals surface area contributed by atoms with E-state index in [2.05, 4.69) is 26.1 Å². The SMILES string of the molecule is O=c1ccc(-c2ccc(Br)cc2C(F)(F)F)n[nH]1. The number of H-pyrrole nitrogens is 1. The fraction of sp³-hybridized carbons (Fsp3) is 0.0909. The summed E-state index contributed by atoms with van der Waals surface area (Å²) in [4.78, 5) is 10.8. The Labute approximate surface area is 108 Å². The lowest BCUT2D eigenvalue weighted by molar-refractivity contribution is -0.137. The molecular formula is C11H6BrF3N2O. The molecule has 0 unspecified atom stereocenters. The van der Waals surface area contributed by atoms with Gasteiger partial charge in [-0.2, -0.15) is 18.3 Å². The normalized spacial score (nSPS) is 11.6. The first-order valence-corrected chi connectivity index (χ1v) is 5.60. The molecule has 94 valence electrons. The highest BCUT2D eigenvalue weighted by atomic mass is 79.9. The summed E-state index contributed by atoms with van der Waals surface area (Å²) in [5.41, 5.74) is -1.29. The minimum Gasteiger partial charge on any atom is -0.268 e.